The molecule has 3 nitrogen and oxygen atoms in total. The lowest BCUT2D eigenvalue weighted by atomic mass is 10.1. The van der Waals surface area contributed by atoms with Crippen LogP contribution in [0.1, 0.15) is 29.7 Å². The molecule has 20 heavy (non-hydrogen) atoms. The molecule has 3 heterocycles. The van der Waals surface area contributed by atoms with E-state index >= 15 is 0 Å². The van der Waals surface area contributed by atoms with E-state index in [-0.39, 0.29) is 5.56 Å². The van der Waals surface area contributed by atoms with E-state index in [1.165, 1.54) is 29.7 Å². The quantitative estimate of drug-likeness (QED) is 0.691. The van der Waals surface area contributed by atoms with Gasteiger partial charge in [0.15, 0.2) is 5.82 Å². The van der Waals surface area contributed by atoms with Crippen LogP contribution in [0, 0.1) is 0 Å². The van der Waals surface area contributed by atoms with Crippen LogP contribution in [0.5, 0.6) is 0 Å². The van der Waals surface area contributed by atoms with Gasteiger partial charge in [-0.1, -0.05) is 12.5 Å². The number of hydrogen-bond donors (Lipinski definition) is 1. The van der Waals surface area contributed by atoms with Crippen LogP contribution in [-0.2, 0) is 12.8 Å². The van der Waals surface area contributed by atoms with Gasteiger partial charge in [0, 0.05) is 4.88 Å². The molecule has 0 bridgehead atoms. The summed E-state index contributed by atoms with van der Waals surface area (Å²) in [6, 6.07) is 3.97. The predicted molar refractivity (Wildman–Crippen MR) is 84.8 cm³/mol. The lowest BCUT2D eigenvalue weighted by Gasteiger charge is -1.99. The van der Waals surface area contributed by atoms with Gasteiger partial charge in [0.2, 0.25) is 0 Å². The number of aromatic amines is 1. The average molecular weight is 302 g/mol. The molecule has 0 amide bonds. The summed E-state index contributed by atoms with van der Waals surface area (Å²) in [6.45, 7) is 0. The summed E-state index contributed by atoms with van der Waals surface area (Å²) in [5.41, 5.74) is 1.28. The molecular weight excluding hydrogens is 288 g/mol. The Bertz CT molecular complexity index is 814. The molecule has 0 saturated heterocycles. The first-order valence-corrected chi connectivity index (χ1v) is 8.61. The fourth-order valence-corrected chi connectivity index (χ4v) is 4.80. The van der Waals surface area contributed by atoms with Crippen molar-refractivity contribution in [2.75, 3.05) is 0 Å². The molecule has 0 saturated carbocycles. The number of rotatable bonds is 1. The van der Waals surface area contributed by atoms with Gasteiger partial charge in [0.05, 0.1) is 10.3 Å². The van der Waals surface area contributed by atoms with Gasteiger partial charge in [-0.2, -0.15) is 0 Å². The predicted octanol–water partition coefficient (Wildman–Crippen LogP) is 3.98. The number of aryl methyl sites for hydroxylation is 2. The maximum Gasteiger partial charge on any atom is 0.260 e. The summed E-state index contributed by atoms with van der Waals surface area (Å²) < 4.78 is 0. The normalized spacial score (nSPS) is 15.2. The van der Waals surface area contributed by atoms with Crippen LogP contribution in [0.2, 0.25) is 0 Å². The molecule has 3 aromatic heterocycles. The van der Waals surface area contributed by atoms with Crippen molar-refractivity contribution in [3.05, 3.63) is 38.3 Å². The zero-order valence-corrected chi connectivity index (χ0v) is 12.6. The number of H-pyrrole nitrogens is 1. The zero-order chi connectivity index (χ0) is 13.5. The number of nitrogens with zero attached hydrogens (tertiary/aromatic N) is 1. The third-order valence-corrected chi connectivity index (χ3v) is 5.89. The second-order valence-corrected chi connectivity index (χ2v) is 7.17. The molecular formula is C15H14N2OS2. The van der Waals surface area contributed by atoms with Crippen molar-refractivity contribution in [1.82, 2.24) is 9.97 Å². The summed E-state index contributed by atoms with van der Waals surface area (Å²) in [5.74, 6) is 0.703. The topological polar surface area (TPSA) is 45.8 Å². The largest absolute Gasteiger partial charge is 0.305 e. The van der Waals surface area contributed by atoms with Crippen LogP contribution in [0.15, 0.2) is 22.3 Å². The highest BCUT2D eigenvalue weighted by Gasteiger charge is 2.19. The van der Waals surface area contributed by atoms with Crippen molar-refractivity contribution < 1.29 is 0 Å². The first-order valence-electron chi connectivity index (χ1n) is 6.91. The lowest BCUT2D eigenvalue weighted by Crippen LogP contribution is -2.09. The maximum atomic E-state index is 12.5. The van der Waals surface area contributed by atoms with E-state index < -0.39 is 0 Å². The fourth-order valence-electron chi connectivity index (χ4n) is 2.87. The monoisotopic (exact) mass is 302 g/mol. The van der Waals surface area contributed by atoms with Crippen molar-refractivity contribution in [2.24, 2.45) is 0 Å². The van der Waals surface area contributed by atoms with E-state index in [0.29, 0.717) is 5.82 Å². The van der Waals surface area contributed by atoms with E-state index in [1.807, 2.05) is 17.5 Å². The van der Waals surface area contributed by atoms with Crippen molar-refractivity contribution in [1.29, 1.82) is 0 Å². The Balaban J connectivity index is 1.96. The molecule has 4 rings (SSSR count). The number of fused-ring (bicyclic) bond motifs is 3. The van der Waals surface area contributed by atoms with Gasteiger partial charge in [-0.3, -0.25) is 4.79 Å². The van der Waals surface area contributed by atoms with Gasteiger partial charge >= 0.3 is 0 Å². The van der Waals surface area contributed by atoms with Gasteiger partial charge in [0.1, 0.15) is 4.83 Å². The Morgan fingerprint density at radius 2 is 2.10 bits per heavy atom. The lowest BCUT2D eigenvalue weighted by molar-refractivity contribution is 0.713. The molecule has 5 heteroatoms. The highest BCUT2D eigenvalue weighted by molar-refractivity contribution is 7.18. The standard InChI is InChI=1S/C15H14N2OS2/c18-14-12-9-5-2-1-3-6-10(9)20-15(12)17-13(16-14)11-7-4-8-19-11/h4,7-8H,1-3,5-6H2,(H,16,17,18). The number of thiophene rings is 2. The Kier molecular flexibility index (Phi) is 2.97. The molecule has 0 aliphatic heterocycles. The Morgan fingerprint density at radius 3 is 2.95 bits per heavy atom. The first-order chi connectivity index (χ1) is 9.83. The highest BCUT2D eigenvalue weighted by atomic mass is 32.1. The molecule has 0 spiro atoms. The van der Waals surface area contributed by atoms with E-state index in [9.17, 15) is 4.79 Å². The van der Waals surface area contributed by atoms with Crippen LogP contribution in [0.3, 0.4) is 0 Å². The summed E-state index contributed by atoms with van der Waals surface area (Å²) in [5, 5.41) is 2.84. The van der Waals surface area contributed by atoms with E-state index in [0.717, 1.165) is 27.9 Å². The minimum atomic E-state index is 0.0257. The molecule has 0 aromatic carbocycles. The van der Waals surface area contributed by atoms with Crippen molar-refractivity contribution in [3.63, 3.8) is 0 Å². The molecule has 0 unspecified atom stereocenters. The average Bonchev–Trinajstić information content (AvgIpc) is 3.02. The minimum Gasteiger partial charge on any atom is -0.305 e. The maximum absolute atomic E-state index is 12.5. The molecule has 102 valence electrons. The second-order valence-electron chi connectivity index (χ2n) is 5.14. The molecule has 0 radical (unpaired) electrons. The SMILES string of the molecule is O=c1[nH]c(-c2cccs2)nc2sc3c(c12)CCCCC3. The van der Waals surface area contributed by atoms with Gasteiger partial charge in [0.25, 0.3) is 5.56 Å². The molecule has 3 aromatic rings. The third-order valence-electron chi connectivity index (χ3n) is 3.83. The second kappa shape index (κ2) is 4.82. The fraction of sp³-hybridized carbons (Fsp3) is 0.333. The number of nitrogens with one attached hydrogen (secondary N) is 1. The van der Waals surface area contributed by atoms with Crippen LogP contribution >= 0.6 is 22.7 Å². The number of aromatic nitrogens is 2. The smallest absolute Gasteiger partial charge is 0.260 e. The van der Waals surface area contributed by atoms with Crippen molar-refractivity contribution in [2.45, 2.75) is 32.1 Å². The summed E-state index contributed by atoms with van der Waals surface area (Å²) in [7, 11) is 0. The van der Waals surface area contributed by atoms with Crippen LogP contribution < -0.4 is 5.56 Å². The van der Waals surface area contributed by atoms with E-state index in [1.54, 1.807) is 22.7 Å². The van der Waals surface area contributed by atoms with Crippen LogP contribution in [0.4, 0.5) is 0 Å². The molecule has 0 fully saturated rings. The van der Waals surface area contributed by atoms with Gasteiger partial charge < -0.3 is 4.98 Å². The van der Waals surface area contributed by atoms with Gasteiger partial charge in [-0.05, 0) is 42.7 Å². The third kappa shape index (κ3) is 1.93. The van der Waals surface area contributed by atoms with Gasteiger partial charge in [-0.25, -0.2) is 4.98 Å². The molecule has 0 atom stereocenters. The molecule has 1 aliphatic rings. The van der Waals surface area contributed by atoms with Crippen molar-refractivity contribution in [3.8, 4) is 10.7 Å². The highest BCUT2D eigenvalue weighted by Crippen LogP contribution is 2.33. The Morgan fingerprint density at radius 1 is 1.20 bits per heavy atom. The zero-order valence-electron chi connectivity index (χ0n) is 10.9. The van der Waals surface area contributed by atoms with E-state index in [4.69, 9.17) is 0 Å². The van der Waals surface area contributed by atoms with Gasteiger partial charge in [-0.15, -0.1) is 22.7 Å². The van der Waals surface area contributed by atoms with Crippen molar-refractivity contribution >= 4 is 32.9 Å². The Labute approximate surface area is 124 Å². The summed E-state index contributed by atoms with van der Waals surface area (Å²) in [4.78, 5) is 23.4. The van der Waals surface area contributed by atoms with Crippen LogP contribution in [-0.4, -0.2) is 9.97 Å². The van der Waals surface area contributed by atoms with E-state index in [2.05, 4.69) is 9.97 Å². The minimum absolute atomic E-state index is 0.0257. The number of hydrogen-bond acceptors (Lipinski definition) is 4. The molecule has 1 N–H and O–H groups in total. The summed E-state index contributed by atoms with van der Waals surface area (Å²) >= 11 is 3.32. The summed E-state index contributed by atoms with van der Waals surface area (Å²) in [6.07, 6.45) is 5.81. The Hall–Kier alpha value is -1.46. The first kappa shape index (κ1) is 12.3. The molecule has 1 aliphatic carbocycles. The van der Waals surface area contributed by atoms with Crippen LogP contribution in [0.25, 0.3) is 20.9 Å².